The highest BCUT2D eigenvalue weighted by Gasteiger charge is 2.32. The van der Waals surface area contributed by atoms with Gasteiger partial charge in [-0.15, -0.1) is 11.3 Å². The molecular weight excluding hydrogens is 420 g/mol. The van der Waals surface area contributed by atoms with Gasteiger partial charge in [-0.05, 0) is 38.6 Å². The van der Waals surface area contributed by atoms with Crippen LogP contribution in [0.3, 0.4) is 0 Å². The molecule has 0 aliphatic carbocycles. The van der Waals surface area contributed by atoms with E-state index in [2.05, 4.69) is 22.2 Å². The summed E-state index contributed by atoms with van der Waals surface area (Å²) in [6.07, 6.45) is 3.35. The second-order valence-electron chi connectivity index (χ2n) is 7.93. The summed E-state index contributed by atoms with van der Waals surface area (Å²) in [5.74, 6) is -0.261. The molecule has 8 heteroatoms. The van der Waals surface area contributed by atoms with Crippen LogP contribution in [0.5, 0.6) is 0 Å². The van der Waals surface area contributed by atoms with Gasteiger partial charge >= 0.3 is 0 Å². The molecule has 160 valence electrons. The normalized spacial score (nSPS) is 17.3. The van der Waals surface area contributed by atoms with Crippen molar-refractivity contribution in [3.8, 4) is 0 Å². The van der Waals surface area contributed by atoms with Gasteiger partial charge in [0, 0.05) is 38.0 Å². The van der Waals surface area contributed by atoms with Crippen LogP contribution in [0.2, 0.25) is 4.34 Å². The van der Waals surface area contributed by atoms with E-state index < -0.39 is 0 Å². The quantitative estimate of drug-likeness (QED) is 0.666. The number of rotatable bonds is 6. The van der Waals surface area contributed by atoms with E-state index in [1.54, 1.807) is 10.3 Å². The number of carbonyl (C=O) groups is 2. The molecule has 2 aliphatic rings. The smallest absolute Gasteiger partial charge is 0.258 e. The number of hydrogen-bond donors (Lipinski definition) is 1. The van der Waals surface area contributed by atoms with Crippen molar-refractivity contribution in [3.05, 3.63) is 39.5 Å². The molecule has 1 aromatic carbocycles. The number of amides is 2. The molecule has 2 amide bonds. The summed E-state index contributed by atoms with van der Waals surface area (Å²) >= 11 is 7.70. The van der Waals surface area contributed by atoms with E-state index in [0.29, 0.717) is 33.4 Å². The molecule has 0 atom stereocenters. The van der Waals surface area contributed by atoms with Crippen LogP contribution >= 0.6 is 22.9 Å². The molecule has 6 nitrogen and oxygen atoms in total. The Balaban J connectivity index is 1.40. The molecule has 0 bridgehead atoms. The molecule has 4 rings (SSSR count). The van der Waals surface area contributed by atoms with Crippen LogP contribution in [0.1, 0.15) is 36.0 Å². The summed E-state index contributed by atoms with van der Waals surface area (Å²) in [5.41, 5.74) is 2.26. The SMILES string of the molecule is CN1CCN(CCCCCC(=O)N2c3ccccc3NC(=O)c3csc(Cl)c32)CC1. The first kappa shape index (κ1) is 21.3. The van der Waals surface area contributed by atoms with Crippen molar-refractivity contribution in [1.29, 1.82) is 0 Å². The van der Waals surface area contributed by atoms with E-state index in [0.717, 1.165) is 52.0 Å². The molecule has 1 aromatic heterocycles. The molecule has 30 heavy (non-hydrogen) atoms. The number of thiophene rings is 1. The van der Waals surface area contributed by atoms with Crippen molar-refractivity contribution in [3.63, 3.8) is 0 Å². The van der Waals surface area contributed by atoms with Gasteiger partial charge in [-0.1, -0.05) is 30.2 Å². The highest BCUT2D eigenvalue weighted by Crippen LogP contribution is 2.45. The average molecular weight is 447 g/mol. The molecule has 1 N–H and O–H groups in total. The molecule has 0 spiro atoms. The third-order valence-electron chi connectivity index (χ3n) is 5.79. The number of likely N-dealkylation sites (N-methyl/N-ethyl adjacent to an activating group) is 1. The Morgan fingerprint density at radius 1 is 1.13 bits per heavy atom. The number of hydrogen-bond acceptors (Lipinski definition) is 5. The lowest BCUT2D eigenvalue weighted by atomic mass is 10.1. The number of nitrogens with one attached hydrogen (secondary N) is 1. The van der Waals surface area contributed by atoms with Gasteiger partial charge < -0.3 is 15.1 Å². The number of piperazine rings is 1. The Morgan fingerprint density at radius 3 is 2.70 bits per heavy atom. The van der Waals surface area contributed by atoms with E-state index in [4.69, 9.17) is 11.6 Å². The summed E-state index contributed by atoms with van der Waals surface area (Å²) in [4.78, 5) is 32.3. The van der Waals surface area contributed by atoms with Crippen LogP contribution < -0.4 is 10.2 Å². The minimum Gasteiger partial charge on any atom is -0.320 e. The molecule has 0 unspecified atom stereocenters. The summed E-state index contributed by atoms with van der Waals surface area (Å²) in [6, 6.07) is 7.38. The first-order valence-electron chi connectivity index (χ1n) is 10.5. The molecule has 0 saturated carbocycles. The van der Waals surface area contributed by atoms with Crippen LogP contribution in [0.4, 0.5) is 17.1 Å². The second kappa shape index (κ2) is 9.47. The van der Waals surface area contributed by atoms with E-state index in [1.165, 1.54) is 11.3 Å². The fourth-order valence-electron chi connectivity index (χ4n) is 4.01. The van der Waals surface area contributed by atoms with Crippen LogP contribution in [0.25, 0.3) is 0 Å². The van der Waals surface area contributed by atoms with Crippen molar-refractivity contribution < 1.29 is 9.59 Å². The summed E-state index contributed by atoms with van der Waals surface area (Å²) in [7, 11) is 2.16. The number of halogens is 1. The highest BCUT2D eigenvalue weighted by molar-refractivity contribution is 7.15. The van der Waals surface area contributed by atoms with E-state index in [1.807, 2.05) is 24.3 Å². The Labute approximate surface area is 186 Å². The number of benzene rings is 1. The molecule has 2 aliphatic heterocycles. The lowest BCUT2D eigenvalue weighted by Crippen LogP contribution is -2.44. The lowest BCUT2D eigenvalue weighted by molar-refractivity contribution is -0.118. The van der Waals surface area contributed by atoms with Crippen LogP contribution in [-0.2, 0) is 4.79 Å². The van der Waals surface area contributed by atoms with Gasteiger partial charge in [0.2, 0.25) is 5.91 Å². The van der Waals surface area contributed by atoms with Crippen molar-refractivity contribution in [2.75, 3.05) is 50.0 Å². The monoisotopic (exact) mass is 446 g/mol. The summed E-state index contributed by atoms with van der Waals surface area (Å²) in [5, 5.41) is 4.62. The van der Waals surface area contributed by atoms with Gasteiger partial charge in [0.1, 0.15) is 4.34 Å². The maximum atomic E-state index is 13.3. The zero-order chi connectivity index (χ0) is 21.1. The number of anilines is 3. The van der Waals surface area contributed by atoms with Gasteiger partial charge in [-0.2, -0.15) is 0 Å². The standard InChI is InChI=1S/C22H27ClN4O2S/c1-25-11-13-26(14-12-25)10-6-2-3-9-19(28)27-18-8-5-4-7-17(18)24-22(29)16-15-30-21(23)20(16)27/h4-5,7-8,15H,2-3,6,9-14H2,1H3,(H,24,29). The third kappa shape index (κ3) is 4.54. The van der Waals surface area contributed by atoms with Crippen molar-refractivity contribution in [2.45, 2.75) is 25.7 Å². The fourth-order valence-corrected chi connectivity index (χ4v) is 5.09. The zero-order valence-corrected chi connectivity index (χ0v) is 18.8. The summed E-state index contributed by atoms with van der Waals surface area (Å²) in [6.45, 7) is 5.60. The Bertz CT molecular complexity index is 924. The second-order valence-corrected chi connectivity index (χ2v) is 9.41. The topological polar surface area (TPSA) is 55.9 Å². The van der Waals surface area contributed by atoms with E-state index in [-0.39, 0.29) is 11.8 Å². The van der Waals surface area contributed by atoms with Gasteiger partial charge in [-0.3, -0.25) is 14.5 Å². The van der Waals surface area contributed by atoms with Gasteiger partial charge in [0.05, 0.1) is 22.6 Å². The maximum Gasteiger partial charge on any atom is 0.258 e. The number of unbranched alkanes of at least 4 members (excludes halogenated alkanes) is 2. The number of nitrogens with zero attached hydrogens (tertiary/aromatic N) is 3. The van der Waals surface area contributed by atoms with Crippen molar-refractivity contribution in [2.24, 2.45) is 0 Å². The van der Waals surface area contributed by atoms with E-state index >= 15 is 0 Å². The molecule has 0 radical (unpaired) electrons. The number of carbonyl (C=O) groups excluding carboxylic acids is 2. The predicted molar refractivity (Wildman–Crippen MR) is 123 cm³/mol. The van der Waals surface area contributed by atoms with Gasteiger partial charge in [0.25, 0.3) is 5.91 Å². The average Bonchev–Trinajstić information content (AvgIpc) is 3.06. The van der Waals surface area contributed by atoms with E-state index in [9.17, 15) is 9.59 Å². The molecule has 1 fully saturated rings. The number of para-hydroxylation sites is 2. The first-order chi connectivity index (χ1) is 14.5. The third-order valence-corrected chi connectivity index (χ3v) is 6.99. The van der Waals surface area contributed by atoms with Crippen LogP contribution in [0, 0.1) is 0 Å². The van der Waals surface area contributed by atoms with Crippen molar-refractivity contribution >= 4 is 51.8 Å². The Morgan fingerprint density at radius 2 is 1.90 bits per heavy atom. The first-order valence-corrected chi connectivity index (χ1v) is 11.7. The van der Waals surface area contributed by atoms with Gasteiger partial charge in [0.15, 0.2) is 0 Å². The zero-order valence-electron chi connectivity index (χ0n) is 17.2. The van der Waals surface area contributed by atoms with Crippen molar-refractivity contribution in [1.82, 2.24) is 9.80 Å². The lowest BCUT2D eigenvalue weighted by Gasteiger charge is -2.32. The Kier molecular flexibility index (Phi) is 6.73. The molecular formula is C22H27ClN4O2S. The minimum absolute atomic E-state index is 0.0277. The molecule has 1 saturated heterocycles. The largest absolute Gasteiger partial charge is 0.320 e. The maximum absolute atomic E-state index is 13.3. The Hall–Kier alpha value is -1.93. The summed E-state index contributed by atoms with van der Waals surface area (Å²) < 4.78 is 0.459. The highest BCUT2D eigenvalue weighted by atomic mass is 35.5. The van der Waals surface area contributed by atoms with Crippen LogP contribution in [-0.4, -0.2) is 61.4 Å². The fraction of sp³-hybridized carbons (Fsp3) is 0.455. The van der Waals surface area contributed by atoms with Crippen LogP contribution in [0.15, 0.2) is 29.6 Å². The van der Waals surface area contributed by atoms with Gasteiger partial charge in [-0.25, -0.2) is 0 Å². The number of fused-ring (bicyclic) bond motifs is 2. The minimum atomic E-state index is -0.233. The predicted octanol–water partition coefficient (Wildman–Crippen LogP) is 4.44. The molecule has 2 aromatic rings. The molecule has 3 heterocycles.